The van der Waals surface area contributed by atoms with Crippen LogP contribution in [0.4, 0.5) is 0 Å². The second-order valence-electron chi connectivity index (χ2n) is 5.56. The largest absolute Gasteiger partial charge is 0.394 e. The van der Waals surface area contributed by atoms with Crippen LogP contribution in [-0.2, 0) is 0 Å². The quantitative estimate of drug-likeness (QED) is 0.579. The minimum Gasteiger partial charge on any atom is -0.394 e. The molecule has 0 saturated heterocycles. The lowest BCUT2D eigenvalue weighted by molar-refractivity contribution is 0.165. The molecule has 0 heterocycles. The van der Waals surface area contributed by atoms with E-state index in [2.05, 4.69) is 37.9 Å². The molecule has 3 heteroatoms. The van der Waals surface area contributed by atoms with E-state index in [1.807, 2.05) is 7.05 Å². The molecule has 0 aliphatic rings. The number of likely N-dealkylation sites (N-methyl/N-ethyl adjacent to an activating group) is 1. The lowest BCUT2D eigenvalue weighted by Gasteiger charge is -2.29. The van der Waals surface area contributed by atoms with Crippen molar-refractivity contribution >= 4 is 0 Å². The summed E-state index contributed by atoms with van der Waals surface area (Å²) in [6, 6.07) is 0.642. The van der Waals surface area contributed by atoms with E-state index < -0.39 is 0 Å². The molecule has 1 unspecified atom stereocenters. The van der Waals surface area contributed by atoms with Gasteiger partial charge in [-0.1, -0.05) is 13.3 Å². The van der Waals surface area contributed by atoms with Crippen LogP contribution in [0.15, 0.2) is 0 Å². The van der Waals surface area contributed by atoms with Crippen LogP contribution in [0.5, 0.6) is 0 Å². The first-order valence-electron chi connectivity index (χ1n) is 7.03. The van der Waals surface area contributed by atoms with E-state index in [0.29, 0.717) is 6.04 Å². The van der Waals surface area contributed by atoms with Crippen LogP contribution in [0.3, 0.4) is 0 Å². The summed E-state index contributed by atoms with van der Waals surface area (Å²) in [7, 11) is 1.92. The van der Waals surface area contributed by atoms with Gasteiger partial charge in [-0.25, -0.2) is 0 Å². The first-order chi connectivity index (χ1) is 7.99. The molecule has 0 spiro atoms. The van der Waals surface area contributed by atoms with Gasteiger partial charge in [0, 0.05) is 11.6 Å². The number of aliphatic hydroxyl groups excluding tert-OH is 1. The normalized spacial score (nSPS) is 15.5. The highest BCUT2D eigenvalue weighted by atomic mass is 16.3. The Hall–Kier alpha value is -0.120. The lowest BCUT2D eigenvalue weighted by Crippen LogP contribution is -2.43. The van der Waals surface area contributed by atoms with Gasteiger partial charge >= 0.3 is 0 Å². The van der Waals surface area contributed by atoms with Gasteiger partial charge in [0.1, 0.15) is 0 Å². The Morgan fingerprint density at radius 3 is 2.29 bits per heavy atom. The molecular formula is C14H32N2O. The summed E-state index contributed by atoms with van der Waals surface area (Å²) in [4.78, 5) is 2.54. The molecule has 2 N–H and O–H groups in total. The summed E-state index contributed by atoms with van der Waals surface area (Å²) < 4.78 is 0. The Morgan fingerprint density at radius 2 is 1.88 bits per heavy atom. The monoisotopic (exact) mass is 244 g/mol. The maximum atomic E-state index is 9.29. The zero-order chi connectivity index (χ0) is 13.3. The van der Waals surface area contributed by atoms with Crippen LogP contribution in [0.1, 0.15) is 53.4 Å². The van der Waals surface area contributed by atoms with E-state index in [1.54, 1.807) is 0 Å². The van der Waals surface area contributed by atoms with Crippen molar-refractivity contribution in [3.8, 4) is 0 Å². The smallest absolute Gasteiger partial charge is 0.0610 e. The average Bonchev–Trinajstić information content (AvgIpc) is 2.32. The molecular weight excluding hydrogens is 212 g/mol. The van der Waals surface area contributed by atoms with Gasteiger partial charge < -0.3 is 15.3 Å². The van der Waals surface area contributed by atoms with Crippen molar-refractivity contribution in [1.82, 2.24) is 10.2 Å². The zero-order valence-corrected chi connectivity index (χ0v) is 12.4. The standard InChI is InChI=1S/C14H32N2O/c1-6-10-16(13(2)3)11-8-7-9-14(4,12-17)15-5/h13,15,17H,6-12H2,1-5H3. The molecule has 3 nitrogen and oxygen atoms in total. The van der Waals surface area contributed by atoms with E-state index in [-0.39, 0.29) is 12.1 Å². The minimum atomic E-state index is -0.104. The number of hydrogen-bond acceptors (Lipinski definition) is 3. The average molecular weight is 244 g/mol. The molecule has 0 aromatic carbocycles. The molecule has 1 atom stereocenters. The van der Waals surface area contributed by atoms with Crippen LogP contribution in [0.25, 0.3) is 0 Å². The van der Waals surface area contributed by atoms with Crippen molar-refractivity contribution < 1.29 is 5.11 Å². The number of hydrogen-bond donors (Lipinski definition) is 2. The summed E-state index contributed by atoms with van der Waals surface area (Å²) in [5, 5.41) is 12.5. The molecule has 0 aromatic rings. The van der Waals surface area contributed by atoms with Crippen LogP contribution < -0.4 is 5.32 Å². The summed E-state index contributed by atoms with van der Waals surface area (Å²) >= 11 is 0. The van der Waals surface area contributed by atoms with E-state index in [1.165, 1.54) is 32.4 Å². The fraction of sp³-hybridized carbons (Fsp3) is 1.00. The van der Waals surface area contributed by atoms with Gasteiger partial charge in [0.2, 0.25) is 0 Å². The number of unbranched alkanes of at least 4 members (excludes halogenated alkanes) is 1. The fourth-order valence-electron chi connectivity index (χ4n) is 2.03. The van der Waals surface area contributed by atoms with Crippen LogP contribution in [0, 0.1) is 0 Å². The first kappa shape index (κ1) is 16.9. The molecule has 0 aliphatic heterocycles. The second-order valence-corrected chi connectivity index (χ2v) is 5.56. The third-order valence-electron chi connectivity index (χ3n) is 3.62. The second kappa shape index (κ2) is 8.90. The Balaban J connectivity index is 3.81. The highest BCUT2D eigenvalue weighted by Gasteiger charge is 2.19. The van der Waals surface area contributed by atoms with Gasteiger partial charge in [0.05, 0.1) is 6.61 Å². The Morgan fingerprint density at radius 1 is 1.24 bits per heavy atom. The zero-order valence-electron chi connectivity index (χ0n) is 12.4. The topological polar surface area (TPSA) is 35.5 Å². The summed E-state index contributed by atoms with van der Waals surface area (Å²) in [5.41, 5.74) is -0.104. The predicted molar refractivity (Wildman–Crippen MR) is 75.4 cm³/mol. The van der Waals surface area contributed by atoms with Gasteiger partial charge in [-0.15, -0.1) is 0 Å². The van der Waals surface area contributed by atoms with Crippen LogP contribution in [0.2, 0.25) is 0 Å². The highest BCUT2D eigenvalue weighted by molar-refractivity contribution is 4.80. The SMILES string of the molecule is CCCN(CCCCC(C)(CO)NC)C(C)C. The Labute approximate surface area is 108 Å². The Bertz CT molecular complexity index is 179. The molecule has 0 amide bonds. The third kappa shape index (κ3) is 7.02. The molecule has 0 aliphatic carbocycles. The van der Waals surface area contributed by atoms with Crippen LogP contribution >= 0.6 is 0 Å². The summed E-state index contributed by atoms with van der Waals surface area (Å²) in [6.07, 6.45) is 4.65. The maximum Gasteiger partial charge on any atom is 0.0610 e. The van der Waals surface area contributed by atoms with Gasteiger partial charge in [-0.2, -0.15) is 0 Å². The maximum absolute atomic E-state index is 9.29. The van der Waals surface area contributed by atoms with Gasteiger partial charge in [0.25, 0.3) is 0 Å². The van der Waals surface area contributed by atoms with E-state index in [4.69, 9.17) is 0 Å². The number of aliphatic hydroxyl groups is 1. The van der Waals surface area contributed by atoms with Crippen molar-refractivity contribution in [2.75, 3.05) is 26.7 Å². The minimum absolute atomic E-state index is 0.104. The van der Waals surface area contributed by atoms with Gasteiger partial charge in [-0.3, -0.25) is 0 Å². The molecule has 104 valence electrons. The third-order valence-corrected chi connectivity index (χ3v) is 3.62. The molecule has 0 radical (unpaired) electrons. The van der Waals surface area contributed by atoms with Gasteiger partial charge in [0.15, 0.2) is 0 Å². The van der Waals surface area contributed by atoms with E-state index in [0.717, 1.165) is 6.42 Å². The molecule has 0 saturated carbocycles. The lowest BCUT2D eigenvalue weighted by atomic mass is 9.96. The summed E-state index contributed by atoms with van der Waals surface area (Å²) in [6.45, 7) is 11.4. The molecule has 0 rings (SSSR count). The molecule has 17 heavy (non-hydrogen) atoms. The van der Waals surface area contributed by atoms with Crippen molar-refractivity contribution in [1.29, 1.82) is 0 Å². The molecule has 0 aromatic heterocycles. The van der Waals surface area contributed by atoms with Crippen molar-refractivity contribution in [3.63, 3.8) is 0 Å². The number of rotatable bonds is 10. The van der Waals surface area contributed by atoms with E-state index >= 15 is 0 Å². The van der Waals surface area contributed by atoms with Crippen molar-refractivity contribution in [2.24, 2.45) is 0 Å². The molecule has 0 fully saturated rings. The Kier molecular flexibility index (Phi) is 8.83. The molecule has 0 bridgehead atoms. The first-order valence-corrected chi connectivity index (χ1v) is 7.03. The number of nitrogens with one attached hydrogen (secondary N) is 1. The predicted octanol–water partition coefficient (Wildman–Crippen LogP) is 2.25. The van der Waals surface area contributed by atoms with Crippen molar-refractivity contribution in [2.45, 2.75) is 65.0 Å². The fourth-order valence-corrected chi connectivity index (χ4v) is 2.03. The van der Waals surface area contributed by atoms with Crippen molar-refractivity contribution in [3.05, 3.63) is 0 Å². The van der Waals surface area contributed by atoms with Crippen LogP contribution in [-0.4, -0.2) is 48.3 Å². The van der Waals surface area contributed by atoms with Gasteiger partial charge in [-0.05, 0) is 60.2 Å². The summed E-state index contributed by atoms with van der Waals surface area (Å²) in [5.74, 6) is 0. The highest BCUT2D eigenvalue weighted by Crippen LogP contribution is 2.13. The van der Waals surface area contributed by atoms with E-state index in [9.17, 15) is 5.11 Å². The number of nitrogens with zero attached hydrogens (tertiary/aromatic N) is 1.